The molecule has 3 heterocycles. The van der Waals surface area contributed by atoms with Crippen molar-refractivity contribution < 1.29 is 14.2 Å². The topological polar surface area (TPSA) is 27.7 Å². The second-order valence-corrected chi connectivity index (χ2v) is 4.23. The molecular formula is C8H9BrO3. The molecule has 66 valence electrons. The first-order valence-corrected chi connectivity index (χ1v) is 4.90. The van der Waals surface area contributed by atoms with E-state index in [4.69, 9.17) is 14.2 Å². The molecule has 3 aliphatic heterocycles. The number of hydrogen-bond donors (Lipinski definition) is 0. The number of ether oxygens (including phenoxy) is 3. The van der Waals surface area contributed by atoms with Crippen LogP contribution in [0, 0.1) is 0 Å². The molecule has 3 nitrogen and oxygen atoms in total. The fraction of sp³-hybridized carbons (Fsp3) is 0.750. The Balaban J connectivity index is 1.96. The molecular weight excluding hydrogens is 224 g/mol. The molecule has 0 radical (unpaired) electrons. The van der Waals surface area contributed by atoms with Crippen molar-refractivity contribution in [1.29, 1.82) is 0 Å². The van der Waals surface area contributed by atoms with Gasteiger partial charge in [0.15, 0.2) is 0 Å². The first kappa shape index (κ1) is 7.50. The van der Waals surface area contributed by atoms with Crippen LogP contribution in [0.4, 0.5) is 0 Å². The number of fused-ring (bicyclic) bond motifs is 3. The van der Waals surface area contributed by atoms with Crippen molar-refractivity contribution in [2.45, 2.75) is 24.4 Å². The number of hydrogen-bond acceptors (Lipinski definition) is 3. The van der Waals surface area contributed by atoms with Gasteiger partial charge in [-0.2, -0.15) is 0 Å². The van der Waals surface area contributed by atoms with Crippen LogP contribution in [0.15, 0.2) is 10.6 Å². The standard InChI is InChI=1S/C8H9BrO3/c9-6-3-5-4-8(7(6)12-5)10-1-2-11-8/h3,5,7H,1-2,4H2/t5-,7-/m0/s1. The van der Waals surface area contributed by atoms with Crippen LogP contribution in [-0.2, 0) is 14.2 Å². The van der Waals surface area contributed by atoms with Crippen LogP contribution in [0.2, 0.25) is 0 Å². The van der Waals surface area contributed by atoms with Crippen LogP contribution in [-0.4, -0.2) is 31.2 Å². The average Bonchev–Trinajstić information content (AvgIpc) is 2.66. The van der Waals surface area contributed by atoms with E-state index < -0.39 is 5.79 Å². The molecule has 0 aliphatic carbocycles. The van der Waals surface area contributed by atoms with E-state index >= 15 is 0 Å². The fourth-order valence-electron chi connectivity index (χ4n) is 2.09. The molecule has 0 aromatic carbocycles. The summed E-state index contributed by atoms with van der Waals surface area (Å²) in [5.74, 6) is -0.460. The fourth-order valence-corrected chi connectivity index (χ4v) is 2.84. The minimum Gasteiger partial charge on any atom is -0.360 e. The van der Waals surface area contributed by atoms with E-state index in [1.165, 1.54) is 0 Å². The molecule has 0 amide bonds. The van der Waals surface area contributed by atoms with Crippen LogP contribution < -0.4 is 0 Å². The van der Waals surface area contributed by atoms with Crippen LogP contribution >= 0.6 is 15.9 Å². The normalized spacial score (nSPS) is 42.6. The van der Waals surface area contributed by atoms with Crippen LogP contribution in [0.5, 0.6) is 0 Å². The van der Waals surface area contributed by atoms with Crippen molar-refractivity contribution in [3.05, 3.63) is 10.6 Å². The molecule has 2 fully saturated rings. The third-order valence-electron chi connectivity index (χ3n) is 2.57. The quantitative estimate of drug-likeness (QED) is 0.628. The summed E-state index contributed by atoms with van der Waals surface area (Å²) < 4.78 is 17.9. The Kier molecular flexibility index (Phi) is 1.45. The highest BCUT2D eigenvalue weighted by atomic mass is 79.9. The summed E-state index contributed by atoms with van der Waals surface area (Å²) in [5.41, 5.74) is 0. The third-order valence-corrected chi connectivity index (χ3v) is 3.25. The smallest absolute Gasteiger partial charge is 0.202 e. The van der Waals surface area contributed by atoms with Crippen molar-refractivity contribution in [3.63, 3.8) is 0 Å². The predicted molar refractivity (Wildman–Crippen MR) is 44.9 cm³/mol. The molecule has 2 atom stereocenters. The molecule has 1 spiro atoms. The average molecular weight is 233 g/mol. The molecule has 2 bridgehead atoms. The second kappa shape index (κ2) is 2.32. The van der Waals surface area contributed by atoms with E-state index in [0.717, 1.165) is 10.9 Å². The Morgan fingerprint density at radius 3 is 2.75 bits per heavy atom. The maximum atomic E-state index is 5.63. The van der Waals surface area contributed by atoms with E-state index in [1.807, 2.05) is 0 Å². The van der Waals surface area contributed by atoms with Gasteiger partial charge >= 0.3 is 0 Å². The van der Waals surface area contributed by atoms with Crippen LogP contribution in [0.1, 0.15) is 6.42 Å². The Hall–Kier alpha value is 0.1000. The maximum Gasteiger partial charge on any atom is 0.202 e. The SMILES string of the molecule is BrC1=C[C@H]2CC3(OCCO3)[C@H]1O2. The summed E-state index contributed by atoms with van der Waals surface area (Å²) in [5, 5.41) is 0. The van der Waals surface area contributed by atoms with Gasteiger partial charge in [0.25, 0.3) is 0 Å². The Bertz CT molecular complexity index is 245. The number of halogens is 1. The molecule has 3 aliphatic rings. The minimum atomic E-state index is -0.460. The summed E-state index contributed by atoms with van der Waals surface area (Å²) >= 11 is 3.46. The third kappa shape index (κ3) is 0.812. The summed E-state index contributed by atoms with van der Waals surface area (Å²) in [6, 6.07) is 0. The highest BCUT2D eigenvalue weighted by Crippen LogP contribution is 2.47. The van der Waals surface area contributed by atoms with Gasteiger partial charge in [0.1, 0.15) is 6.10 Å². The highest BCUT2D eigenvalue weighted by Gasteiger charge is 2.57. The van der Waals surface area contributed by atoms with Gasteiger partial charge in [0, 0.05) is 10.9 Å². The van der Waals surface area contributed by atoms with Gasteiger partial charge in [0.05, 0.1) is 19.3 Å². The van der Waals surface area contributed by atoms with E-state index in [0.29, 0.717) is 13.2 Å². The predicted octanol–water partition coefficient (Wildman–Crippen LogP) is 1.18. The lowest BCUT2D eigenvalue weighted by Crippen LogP contribution is -2.40. The monoisotopic (exact) mass is 232 g/mol. The number of rotatable bonds is 0. The van der Waals surface area contributed by atoms with Gasteiger partial charge in [0.2, 0.25) is 5.79 Å². The molecule has 0 aromatic heterocycles. The summed E-state index contributed by atoms with van der Waals surface area (Å²) in [6.07, 6.45) is 3.08. The van der Waals surface area contributed by atoms with E-state index in [2.05, 4.69) is 22.0 Å². The van der Waals surface area contributed by atoms with Gasteiger partial charge in [-0.15, -0.1) is 0 Å². The molecule has 0 saturated carbocycles. The lowest BCUT2D eigenvalue weighted by Gasteiger charge is -2.27. The van der Waals surface area contributed by atoms with Crippen LogP contribution in [0.3, 0.4) is 0 Å². The highest BCUT2D eigenvalue weighted by molar-refractivity contribution is 9.11. The first-order valence-electron chi connectivity index (χ1n) is 4.11. The Morgan fingerprint density at radius 2 is 2.17 bits per heavy atom. The van der Waals surface area contributed by atoms with Crippen molar-refractivity contribution in [3.8, 4) is 0 Å². The van der Waals surface area contributed by atoms with E-state index in [9.17, 15) is 0 Å². The summed E-state index contributed by atoms with van der Waals surface area (Å²) in [6.45, 7) is 1.37. The van der Waals surface area contributed by atoms with Crippen LogP contribution in [0.25, 0.3) is 0 Å². The van der Waals surface area contributed by atoms with Gasteiger partial charge in [-0.1, -0.05) is 15.9 Å². The first-order chi connectivity index (χ1) is 5.80. The molecule has 0 N–H and O–H groups in total. The van der Waals surface area contributed by atoms with Crippen molar-refractivity contribution in [2.24, 2.45) is 0 Å². The minimum absolute atomic E-state index is 0.0231. The molecule has 0 aromatic rings. The lowest BCUT2D eigenvalue weighted by atomic mass is 10.0. The zero-order chi connectivity index (χ0) is 8.18. The largest absolute Gasteiger partial charge is 0.360 e. The lowest BCUT2D eigenvalue weighted by molar-refractivity contribution is -0.176. The van der Waals surface area contributed by atoms with Gasteiger partial charge < -0.3 is 14.2 Å². The van der Waals surface area contributed by atoms with Gasteiger partial charge in [-0.3, -0.25) is 0 Å². The molecule has 2 saturated heterocycles. The van der Waals surface area contributed by atoms with Crippen molar-refractivity contribution in [1.82, 2.24) is 0 Å². The maximum absolute atomic E-state index is 5.63. The molecule has 0 unspecified atom stereocenters. The zero-order valence-corrected chi connectivity index (χ0v) is 8.04. The van der Waals surface area contributed by atoms with Crippen molar-refractivity contribution >= 4 is 15.9 Å². The van der Waals surface area contributed by atoms with Gasteiger partial charge in [-0.05, 0) is 6.08 Å². The molecule has 3 rings (SSSR count). The Morgan fingerprint density at radius 1 is 1.42 bits per heavy atom. The van der Waals surface area contributed by atoms with E-state index in [-0.39, 0.29) is 12.2 Å². The van der Waals surface area contributed by atoms with E-state index in [1.54, 1.807) is 0 Å². The summed E-state index contributed by atoms with van der Waals surface area (Å²) in [7, 11) is 0. The van der Waals surface area contributed by atoms with Crippen molar-refractivity contribution in [2.75, 3.05) is 13.2 Å². The second-order valence-electron chi connectivity index (χ2n) is 3.32. The molecule has 12 heavy (non-hydrogen) atoms. The molecule has 4 heteroatoms. The zero-order valence-electron chi connectivity index (χ0n) is 6.46. The Labute approximate surface area is 78.8 Å². The summed E-state index contributed by atoms with van der Waals surface area (Å²) in [4.78, 5) is 0. The van der Waals surface area contributed by atoms with Gasteiger partial charge in [-0.25, -0.2) is 0 Å².